The van der Waals surface area contributed by atoms with Crippen LogP contribution < -0.4 is 10.5 Å². The lowest BCUT2D eigenvalue weighted by atomic mass is 10.1. The number of carbonyl (C=O) groups excluding carboxylic acids is 1. The first-order valence-electron chi connectivity index (χ1n) is 6.62. The molecule has 0 saturated heterocycles. The predicted octanol–water partition coefficient (Wildman–Crippen LogP) is 2.56. The first-order chi connectivity index (χ1) is 10.8. The number of nitrogens with one attached hydrogen (secondary N) is 1. The lowest BCUT2D eigenvalue weighted by Crippen LogP contribution is -2.26. The third-order valence-corrected chi connectivity index (χ3v) is 5.23. The number of nitrogens with two attached hydrogens (primary N) is 1. The molecule has 0 heterocycles. The van der Waals surface area contributed by atoms with Crippen LogP contribution in [-0.2, 0) is 16.4 Å². The molecule has 0 aliphatic rings. The maximum absolute atomic E-state index is 12.1. The van der Waals surface area contributed by atoms with Crippen LogP contribution in [0.3, 0.4) is 0 Å². The molecule has 0 saturated carbocycles. The van der Waals surface area contributed by atoms with Crippen LogP contribution in [0.1, 0.15) is 15.9 Å². The Morgan fingerprint density at radius 1 is 1.17 bits per heavy atom. The van der Waals surface area contributed by atoms with Crippen molar-refractivity contribution in [3.05, 3.63) is 62.2 Å². The summed E-state index contributed by atoms with van der Waals surface area (Å²) in [5, 5.41) is 8.36. The molecule has 2 rings (SSSR count). The van der Waals surface area contributed by atoms with Crippen LogP contribution in [-0.4, -0.2) is 20.9 Å². The van der Waals surface area contributed by atoms with Gasteiger partial charge in [0, 0.05) is 15.1 Å². The van der Waals surface area contributed by atoms with Gasteiger partial charge in [-0.25, -0.2) is 13.6 Å². The van der Waals surface area contributed by atoms with E-state index in [1.165, 1.54) is 12.1 Å². The highest BCUT2D eigenvalue weighted by Crippen LogP contribution is 2.17. The van der Waals surface area contributed by atoms with E-state index in [9.17, 15) is 13.2 Å². The third kappa shape index (κ3) is 5.17. The van der Waals surface area contributed by atoms with E-state index in [0.29, 0.717) is 23.6 Å². The number of primary sulfonamides is 1. The number of benzene rings is 2. The molecule has 122 valence electrons. The van der Waals surface area contributed by atoms with Crippen molar-refractivity contribution in [2.24, 2.45) is 5.14 Å². The Balaban J connectivity index is 1.94. The molecular weight excluding hydrogens is 451 g/mol. The molecule has 0 spiro atoms. The number of sulfonamides is 1. The maximum atomic E-state index is 12.1. The van der Waals surface area contributed by atoms with Gasteiger partial charge in [0.25, 0.3) is 5.91 Å². The molecule has 0 bridgehead atoms. The standard InChI is InChI=1S/C15H14ClIN2O3S/c16-11-3-6-14(17)13(9-11)15(20)19-8-7-10-1-4-12(5-2-10)23(18,21)22/h1-6,9H,7-8H2,(H,19,20)(H2,18,21,22). The second-order valence-corrected chi connectivity index (χ2v) is 7.98. The van der Waals surface area contributed by atoms with Crippen LogP contribution >= 0.6 is 34.2 Å². The topological polar surface area (TPSA) is 89.3 Å². The van der Waals surface area contributed by atoms with Crippen LogP contribution in [0.15, 0.2) is 47.4 Å². The van der Waals surface area contributed by atoms with Gasteiger partial charge >= 0.3 is 0 Å². The normalized spacial score (nSPS) is 11.3. The molecule has 0 aromatic heterocycles. The van der Waals surface area contributed by atoms with Crippen LogP contribution in [0.5, 0.6) is 0 Å². The molecule has 5 nitrogen and oxygen atoms in total. The molecule has 2 aromatic carbocycles. The van der Waals surface area contributed by atoms with E-state index in [1.54, 1.807) is 30.3 Å². The lowest BCUT2D eigenvalue weighted by Gasteiger charge is -2.08. The summed E-state index contributed by atoms with van der Waals surface area (Å²) in [5.41, 5.74) is 1.43. The highest BCUT2D eigenvalue weighted by molar-refractivity contribution is 14.1. The van der Waals surface area contributed by atoms with Crippen molar-refractivity contribution in [3.8, 4) is 0 Å². The fourth-order valence-electron chi connectivity index (χ4n) is 1.93. The van der Waals surface area contributed by atoms with Gasteiger partial charge in [-0.05, 0) is 64.9 Å². The monoisotopic (exact) mass is 464 g/mol. The summed E-state index contributed by atoms with van der Waals surface area (Å²) in [6, 6.07) is 11.4. The van der Waals surface area contributed by atoms with Crippen molar-refractivity contribution in [2.75, 3.05) is 6.54 Å². The molecule has 0 aliphatic heterocycles. The Morgan fingerprint density at radius 3 is 2.43 bits per heavy atom. The van der Waals surface area contributed by atoms with Crippen molar-refractivity contribution in [3.63, 3.8) is 0 Å². The van der Waals surface area contributed by atoms with E-state index < -0.39 is 10.0 Å². The summed E-state index contributed by atoms with van der Waals surface area (Å²) in [6.45, 7) is 0.427. The van der Waals surface area contributed by atoms with Gasteiger partial charge in [-0.1, -0.05) is 23.7 Å². The first-order valence-corrected chi connectivity index (χ1v) is 9.62. The van der Waals surface area contributed by atoms with Gasteiger partial charge in [0.2, 0.25) is 10.0 Å². The Kier molecular flexibility index (Phi) is 6.01. The zero-order valence-electron chi connectivity index (χ0n) is 11.9. The zero-order valence-corrected chi connectivity index (χ0v) is 15.7. The molecule has 23 heavy (non-hydrogen) atoms. The summed E-state index contributed by atoms with van der Waals surface area (Å²) >= 11 is 7.98. The average molecular weight is 465 g/mol. The van der Waals surface area contributed by atoms with Crippen molar-refractivity contribution in [1.29, 1.82) is 0 Å². The molecule has 0 aliphatic carbocycles. The smallest absolute Gasteiger partial charge is 0.252 e. The molecule has 3 N–H and O–H groups in total. The minimum atomic E-state index is -3.68. The molecule has 8 heteroatoms. The molecular formula is C15H14ClIN2O3S. The van der Waals surface area contributed by atoms with E-state index in [0.717, 1.165) is 9.13 Å². The molecule has 0 unspecified atom stereocenters. The van der Waals surface area contributed by atoms with Crippen LogP contribution in [0, 0.1) is 3.57 Å². The molecule has 1 amide bonds. The van der Waals surface area contributed by atoms with E-state index in [2.05, 4.69) is 27.9 Å². The van der Waals surface area contributed by atoms with Gasteiger partial charge < -0.3 is 5.32 Å². The number of hydrogen-bond acceptors (Lipinski definition) is 3. The summed E-state index contributed by atoms with van der Waals surface area (Å²) in [7, 11) is -3.68. The van der Waals surface area contributed by atoms with Gasteiger partial charge in [0.05, 0.1) is 10.5 Å². The van der Waals surface area contributed by atoms with Gasteiger partial charge in [0.1, 0.15) is 0 Å². The number of halogens is 2. The Labute approximate surface area is 153 Å². The molecule has 2 aromatic rings. The second kappa shape index (κ2) is 7.61. The van der Waals surface area contributed by atoms with E-state index in [4.69, 9.17) is 16.7 Å². The highest BCUT2D eigenvalue weighted by atomic mass is 127. The zero-order chi connectivity index (χ0) is 17.0. The summed E-state index contributed by atoms with van der Waals surface area (Å²) in [6.07, 6.45) is 0.577. The van der Waals surface area contributed by atoms with Crippen molar-refractivity contribution in [1.82, 2.24) is 5.32 Å². The van der Waals surface area contributed by atoms with E-state index >= 15 is 0 Å². The van der Waals surface area contributed by atoms with Crippen LogP contribution in [0.2, 0.25) is 5.02 Å². The Bertz CT molecular complexity index is 823. The largest absolute Gasteiger partial charge is 0.352 e. The van der Waals surface area contributed by atoms with Gasteiger partial charge in [-0.3, -0.25) is 4.79 Å². The van der Waals surface area contributed by atoms with E-state index in [1.807, 2.05) is 0 Å². The minimum absolute atomic E-state index is 0.0683. The summed E-state index contributed by atoms with van der Waals surface area (Å²) in [4.78, 5) is 12.2. The number of hydrogen-bond donors (Lipinski definition) is 2. The third-order valence-electron chi connectivity index (χ3n) is 3.12. The Hall–Kier alpha value is -1.16. The van der Waals surface area contributed by atoms with Gasteiger partial charge in [0.15, 0.2) is 0 Å². The average Bonchev–Trinajstić information content (AvgIpc) is 2.49. The predicted molar refractivity (Wildman–Crippen MR) is 98.0 cm³/mol. The van der Waals surface area contributed by atoms with Crippen LogP contribution in [0.4, 0.5) is 0 Å². The Morgan fingerprint density at radius 2 is 1.83 bits per heavy atom. The van der Waals surface area contributed by atoms with Gasteiger partial charge in [-0.15, -0.1) is 0 Å². The molecule has 0 atom stereocenters. The van der Waals surface area contributed by atoms with Crippen molar-refractivity contribution < 1.29 is 13.2 Å². The van der Waals surface area contributed by atoms with Crippen LogP contribution in [0.25, 0.3) is 0 Å². The van der Waals surface area contributed by atoms with E-state index in [-0.39, 0.29) is 10.8 Å². The fraction of sp³-hybridized carbons (Fsp3) is 0.133. The maximum Gasteiger partial charge on any atom is 0.252 e. The first kappa shape index (κ1) is 18.2. The molecule has 0 fully saturated rings. The number of carbonyl (C=O) groups is 1. The van der Waals surface area contributed by atoms with Crippen molar-refractivity contribution in [2.45, 2.75) is 11.3 Å². The number of rotatable bonds is 5. The SMILES string of the molecule is NS(=O)(=O)c1ccc(CCNC(=O)c2cc(Cl)ccc2I)cc1. The minimum Gasteiger partial charge on any atom is -0.352 e. The summed E-state index contributed by atoms with van der Waals surface area (Å²) < 4.78 is 23.2. The number of amides is 1. The fourth-order valence-corrected chi connectivity index (χ4v) is 3.20. The van der Waals surface area contributed by atoms with Crippen molar-refractivity contribution >= 4 is 50.1 Å². The quantitative estimate of drug-likeness (QED) is 0.667. The highest BCUT2D eigenvalue weighted by Gasteiger charge is 2.10. The lowest BCUT2D eigenvalue weighted by molar-refractivity contribution is 0.0953. The molecule has 0 radical (unpaired) electrons. The second-order valence-electron chi connectivity index (χ2n) is 4.82. The van der Waals surface area contributed by atoms with Gasteiger partial charge in [-0.2, -0.15) is 0 Å². The summed E-state index contributed by atoms with van der Waals surface area (Å²) in [5.74, 6) is -0.196.